The van der Waals surface area contributed by atoms with E-state index >= 15 is 0 Å². The quantitative estimate of drug-likeness (QED) is 0.326. The van der Waals surface area contributed by atoms with Gasteiger partial charge in [-0.3, -0.25) is 9.79 Å². The van der Waals surface area contributed by atoms with Crippen molar-refractivity contribution in [3.8, 4) is 5.75 Å². The molecule has 0 spiro atoms. The van der Waals surface area contributed by atoms with E-state index in [-0.39, 0.29) is 16.7 Å². The topological polar surface area (TPSA) is 83.8 Å². The number of aliphatic imine (C=N–C) groups is 1. The lowest BCUT2D eigenvalue weighted by Gasteiger charge is -2.51. The normalized spacial score (nSPS) is 28.7. The van der Waals surface area contributed by atoms with Crippen LogP contribution in [-0.4, -0.2) is 42.0 Å². The van der Waals surface area contributed by atoms with Gasteiger partial charge in [0.1, 0.15) is 5.75 Å². The highest BCUT2D eigenvalue weighted by molar-refractivity contribution is 7.15. The fraction of sp³-hybridized carbons (Fsp3) is 0.667. The molecule has 0 bridgehead atoms. The molecule has 5 rings (SSSR count). The average molecular weight is 566 g/mol. The van der Waals surface area contributed by atoms with Gasteiger partial charge in [-0.1, -0.05) is 33.8 Å². The van der Waals surface area contributed by atoms with Crippen molar-refractivity contribution in [2.75, 3.05) is 25.6 Å². The van der Waals surface area contributed by atoms with E-state index in [0.717, 1.165) is 55.5 Å². The smallest absolute Gasteiger partial charge is 0.226 e. The van der Waals surface area contributed by atoms with Crippen LogP contribution in [0.1, 0.15) is 100 Å². The third-order valence-electron chi connectivity index (χ3n) is 9.97. The van der Waals surface area contributed by atoms with Gasteiger partial charge < -0.3 is 15.2 Å². The molecule has 3 unspecified atom stereocenters. The Kier molecular flexibility index (Phi) is 8.45. The number of aryl methyl sites for hydroxylation is 2. The van der Waals surface area contributed by atoms with Crippen LogP contribution in [0.2, 0.25) is 0 Å². The number of benzene rings is 1. The number of aromatic nitrogens is 1. The molecule has 2 N–H and O–H groups in total. The van der Waals surface area contributed by atoms with Gasteiger partial charge in [0.2, 0.25) is 5.91 Å². The molecule has 5 atom stereocenters. The fourth-order valence-electron chi connectivity index (χ4n) is 8.19. The monoisotopic (exact) mass is 565 g/mol. The van der Waals surface area contributed by atoms with Crippen molar-refractivity contribution in [2.24, 2.45) is 28.2 Å². The lowest BCUT2D eigenvalue weighted by molar-refractivity contribution is -0.116. The highest BCUT2D eigenvalue weighted by atomic mass is 32.1. The molecule has 6 nitrogen and oxygen atoms in total. The zero-order valence-corrected chi connectivity index (χ0v) is 26.0. The third-order valence-corrected chi connectivity index (χ3v) is 10.8. The summed E-state index contributed by atoms with van der Waals surface area (Å²) in [6.07, 6.45) is 9.81. The van der Waals surface area contributed by atoms with Crippen molar-refractivity contribution in [1.29, 1.82) is 0 Å². The van der Waals surface area contributed by atoms with Crippen LogP contribution in [0.25, 0.3) is 0 Å². The molecular weight excluding hydrogens is 518 g/mol. The molecule has 1 heterocycles. The lowest BCUT2D eigenvalue weighted by atomic mass is 9.53. The first-order valence-corrected chi connectivity index (χ1v) is 15.9. The fourth-order valence-corrected chi connectivity index (χ4v) is 8.87. The predicted octanol–water partition coefficient (Wildman–Crippen LogP) is 7.43. The number of aromatic hydroxyl groups is 1. The number of methoxy groups -OCH3 is 1. The van der Waals surface area contributed by atoms with Crippen LogP contribution in [0, 0.1) is 30.1 Å². The number of ether oxygens (including phenoxy) is 1. The van der Waals surface area contributed by atoms with Gasteiger partial charge in [-0.15, -0.1) is 11.3 Å². The summed E-state index contributed by atoms with van der Waals surface area (Å²) < 4.78 is 5.34. The number of hydrogen-bond donors (Lipinski definition) is 2. The number of amides is 1. The minimum Gasteiger partial charge on any atom is -0.508 e. The summed E-state index contributed by atoms with van der Waals surface area (Å²) in [5.74, 6) is 2.75. The number of fused-ring (bicyclic) bond motifs is 5. The second-order valence-electron chi connectivity index (χ2n) is 13.6. The molecular formula is C33H47N3O3S. The van der Waals surface area contributed by atoms with Crippen molar-refractivity contribution in [3.63, 3.8) is 0 Å². The molecule has 0 aliphatic heterocycles. The highest BCUT2D eigenvalue weighted by Crippen LogP contribution is 2.63. The van der Waals surface area contributed by atoms with Crippen LogP contribution in [0.3, 0.4) is 0 Å². The number of nitrogens with one attached hydrogen (secondary N) is 1. The van der Waals surface area contributed by atoms with Crippen molar-refractivity contribution >= 4 is 28.1 Å². The molecule has 2 fully saturated rings. The molecule has 3 aliphatic carbocycles. The van der Waals surface area contributed by atoms with Gasteiger partial charge in [0.25, 0.3) is 0 Å². The maximum atomic E-state index is 12.7. The van der Waals surface area contributed by atoms with Crippen LogP contribution in [-0.2, 0) is 21.4 Å². The van der Waals surface area contributed by atoms with Gasteiger partial charge in [-0.25, -0.2) is 4.98 Å². The minimum absolute atomic E-state index is 0.0618. The van der Waals surface area contributed by atoms with Gasteiger partial charge in [0, 0.05) is 35.7 Å². The minimum atomic E-state index is -0.0930. The first-order valence-electron chi connectivity index (χ1n) is 15.1. The number of carbonyl (C=O) groups is 1. The number of thiazole rings is 1. The van der Waals surface area contributed by atoms with Crippen LogP contribution < -0.4 is 5.32 Å². The molecule has 40 heavy (non-hydrogen) atoms. The maximum absolute atomic E-state index is 12.7. The second-order valence-corrected chi connectivity index (χ2v) is 14.8. The Morgan fingerprint density at radius 3 is 2.80 bits per heavy atom. The van der Waals surface area contributed by atoms with Crippen LogP contribution in [0.15, 0.2) is 23.3 Å². The Morgan fingerprint density at radius 2 is 2.10 bits per heavy atom. The summed E-state index contributed by atoms with van der Waals surface area (Å²) in [7, 11) is 1.74. The van der Waals surface area contributed by atoms with Crippen molar-refractivity contribution < 1.29 is 14.6 Å². The molecule has 0 radical (unpaired) electrons. The Balaban J connectivity index is 1.37. The second kappa shape index (κ2) is 11.6. The van der Waals surface area contributed by atoms with Gasteiger partial charge in [-0.05, 0) is 104 Å². The highest BCUT2D eigenvalue weighted by Gasteiger charge is 2.57. The summed E-state index contributed by atoms with van der Waals surface area (Å²) in [5.41, 5.74) is 5.28. The third kappa shape index (κ3) is 5.74. The molecule has 2 aromatic rings. The number of rotatable bonds is 8. The van der Waals surface area contributed by atoms with E-state index in [1.165, 1.54) is 34.6 Å². The summed E-state index contributed by atoms with van der Waals surface area (Å²) in [6.45, 7) is 12.4. The number of carbonyl (C=O) groups excluding carboxylic acids is 1. The number of anilines is 1. The number of hydrogen-bond acceptors (Lipinski definition) is 6. The molecule has 0 saturated heterocycles. The average Bonchev–Trinajstić information content (AvgIpc) is 3.42. The van der Waals surface area contributed by atoms with Gasteiger partial charge in [0.05, 0.1) is 13.2 Å². The standard InChI is InChI=1S/C33H47N3O3S/c1-20-19-35-31(40-20)36-29(38)9-7-8-22-17-28(34-14-15-39-6)33(5)13-12-23-24(30(22)33)11-10-21-16-27(37)26(18-25(21)23)32(2,3)4/h16,18-19,22-24,30,37H,7-15,17H2,1-6H3,(H,35,36,38)/t22-,23?,24?,30?,33-/m1/s1. The Labute approximate surface area is 244 Å². The van der Waals surface area contributed by atoms with E-state index in [2.05, 4.69) is 50.1 Å². The molecule has 1 amide bonds. The maximum Gasteiger partial charge on any atom is 0.226 e. The largest absolute Gasteiger partial charge is 0.508 e. The van der Waals surface area contributed by atoms with Crippen LogP contribution >= 0.6 is 11.3 Å². The molecule has 1 aromatic heterocycles. The SMILES string of the molecule is COCCN=C1C[C@@H](CCCC(=O)Nc2ncc(C)s2)C2C3CCc4cc(O)c(C(C)(C)C)cc4C3CC[C@]12C. The molecule has 3 aliphatic rings. The van der Waals surface area contributed by atoms with E-state index in [4.69, 9.17) is 9.73 Å². The van der Waals surface area contributed by atoms with E-state index in [1.54, 1.807) is 13.3 Å². The Hall–Kier alpha value is -2.25. The first kappa shape index (κ1) is 29.2. The summed E-state index contributed by atoms with van der Waals surface area (Å²) >= 11 is 1.52. The molecule has 7 heteroatoms. The predicted molar refractivity (Wildman–Crippen MR) is 164 cm³/mol. The van der Waals surface area contributed by atoms with E-state index in [9.17, 15) is 9.90 Å². The summed E-state index contributed by atoms with van der Waals surface area (Å²) in [5, 5.41) is 14.5. The number of nitrogens with zero attached hydrogens (tertiary/aromatic N) is 2. The van der Waals surface area contributed by atoms with Crippen molar-refractivity contribution in [3.05, 3.63) is 39.9 Å². The van der Waals surface area contributed by atoms with E-state index in [1.807, 2.05) is 6.92 Å². The first-order chi connectivity index (χ1) is 19.0. The summed E-state index contributed by atoms with van der Waals surface area (Å²) in [6, 6.07) is 4.40. The molecule has 2 saturated carbocycles. The zero-order valence-electron chi connectivity index (χ0n) is 25.2. The van der Waals surface area contributed by atoms with E-state index < -0.39 is 0 Å². The lowest BCUT2D eigenvalue weighted by Crippen LogP contribution is -2.44. The van der Waals surface area contributed by atoms with Crippen molar-refractivity contribution in [2.45, 2.75) is 97.3 Å². The Bertz CT molecular complexity index is 1260. The van der Waals surface area contributed by atoms with E-state index in [0.29, 0.717) is 47.6 Å². The summed E-state index contributed by atoms with van der Waals surface area (Å²) in [4.78, 5) is 23.2. The molecule has 218 valence electrons. The number of phenols is 1. The zero-order chi connectivity index (χ0) is 28.7. The van der Waals surface area contributed by atoms with Crippen LogP contribution in [0.4, 0.5) is 5.13 Å². The van der Waals surface area contributed by atoms with Crippen molar-refractivity contribution in [1.82, 2.24) is 4.98 Å². The Morgan fingerprint density at radius 1 is 1.30 bits per heavy atom. The van der Waals surface area contributed by atoms with Crippen LogP contribution in [0.5, 0.6) is 5.75 Å². The molecule has 1 aromatic carbocycles. The number of phenolic OH excluding ortho intramolecular Hbond substituents is 1. The van der Waals surface area contributed by atoms with Gasteiger partial charge in [0.15, 0.2) is 5.13 Å². The van der Waals surface area contributed by atoms with Gasteiger partial charge >= 0.3 is 0 Å². The van der Waals surface area contributed by atoms with Gasteiger partial charge in [-0.2, -0.15) is 0 Å².